The number of amides is 1. The summed E-state index contributed by atoms with van der Waals surface area (Å²) in [6, 6.07) is 10.5. The summed E-state index contributed by atoms with van der Waals surface area (Å²) in [6.45, 7) is 10.0. The van der Waals surface area contributed by atoms with Crippen LogP contribution in [0.3, 0.4) is 0 Å². The van der Waals surface area contributed by atoms with E-state index in [0.717, 1.165) is 70.4 Å². The minimum atomic E-state index is -0.210. The third-order valence-electron chi connectivity index (χ3n) is 5.90. The molecule has 0 aliphatic carbocycles. The van der Waals surface area contributed by atoms with Gasteiger partial charge in [-0.15, -0.1) is 0 Å². The number of piperazine rings is 2. The molecule has 2 fully saturated rings. The van der Waals surface area contributed by atoms with Gasteiger partial charge >= 0.3 is 0 Å². The van der Waals surface area contributed by atoms with Gasteiger partial charge in [-0.25, -0.2) is 9.37 Å². The molecular formula is C22H28FN5O. The van der Waals surface area contributed by atoms with E-state index >= 15 is 0 Å². The Morgan fingerprint density at radius 3 is 2.14 bits per heavy atom. The maximum absolute atomic E-state index is 13.1. The number of halogens is 1. The molecule has 29 heavy (non-hydrogen) atoms. The van der Waals surface area contributed by atoms with Gasteiger partial charge in [0.15, 0.2) is 0 Å². The Balaban J connectivity index is 1.33. The highest BCUT2D eigenvalue weighted by Crippen LogP contribution is 2.20. The maximum atomic E-state index is 13.1. The van der Waals surface area contributed by atoms with Crippen molar-refractivity contribution in [1.29, 1.82) is 0 Å². The molecule has 3 heterocycles. The second kappa shape index (κ2) is 8.78. The van der Waals surface area contributed by atoms with Gasteiger partial charge < -0.3 is 19.6 Å². The molecule has 0 saturated carbocycles. The number of anilines is 2. The first-order valence-corrected chi connectivity index (χ1v) is 10.4. The van der Waals surface area contributed by atoms with Gasteiger partial charge in [0.1, 0.15) is 11.6 Å². The first-order chi connectivity index (χ1) is 14.1. The number of benzene rings is 1. The number of likely N-dealkylation sites (N-methyl/N-ethyl adjacent to an activating group) is 1. The molecule has 7 heteroatoms. The first kappa shape index (κ1) is 19.6. The van der Waals surface area contributed by atoms with Crippen LogP contribution in [0.4, 0.5) is 15.9 Å². The number of nitrogens with zero attached hydrogens (tertiary/aromatic N) is 5. The van der Waals surface area contributed by atoms with E-state index < -0.39 is 0 Å². The number of hydrogen-bond donors (Lipinski definition) is 0. The minimum absolute atomic E-state index is 0.0703. The average molecular weight is 397 g/mol. The summed E-state index contributed by atoms with van der Waals surface area (Å²) in [7, 11) is 0. The molecule has 1 aromatic carbocycles. The van der Waals surface area contributed by atoms with Crippen molar-refractivity contribution >= 4 is 17.4 Å². The van der Waals surface area contributed by atoms with Crippen molar-refractivity contribution in [3.05, 3.63) is 54.0 Å². The Bertz CT molecular complexity index is 810. The van der Waals surface area contributed by atoms with Gasteiger partial charge in [-0.3, -0.25) is 4.79 Å². The lowest BCUT2D eigenvalue weighted by Crippen LogP contribution is -2.48. The molecule has 0 bridgehead atoms. The molecule has 0 radical (unpaired) electrons. The molecule has 0 spiro atoms. The predicted octanol–water partition coefficient (Wildman–Crippen LogP) is 2.33. The fourth-order valence-corrected chi connectivity index (χ4v) is 4.00. The summed E-state index contributed by atoms with van der Waals surface area (Å²) in [6.07, 6.45) is 1.70. The van der Waals surface area contributed by atoms with Gasteiger partial charge in [0.2, 0.25) is 0 Å². The van der Waals surface area contributed by atoms with Crippen LogP contribution in [-0.2, 0) is 0 Å². The highest BCUT2D eigenvalue weighted by Gasteiger charge is 2.22. The molecule has 0 N–H and O–H groups in total. The van der Waals surface area contributed by atoms with E-state index in [1.807, 2.05) is 29.2 Å². The number of rotatable bonds is 4. The van der Waals surface area contributed by atoms with Crippen molar-refractivity contribution in [2.75, 3.05) is 68.7 Å². The molecule has 2 saturated heterocycles. The highest BCUT2D eigenvalue weighted by molar-refractivity contribution is 5.94. The van der Waals surface area contributed by atoms with Crippen molar-refractivity contribution in [2.24, 2.45) is 0 Å². The minimum Gasteiger partial charge on any atom is -0.368 e. The smallest absolute Gasteiger partial charge is 0.255 e. The Labute approximate surface area is 171 Å². The van der Waals surface area contributed by atoms with Crippen molar-refractivity contribution in [1.82, 2.24) is 14.8 Å². The van der Waals surface area contributed by atoms with Gasteiger partial charge in [-0.1, -0.05) is 6.92 Å². The Morgan fingerprint density at radius 2 is 1.55 bits per heavy atom. The quantitative estimate of drug-likeness (QED) is 0.792. The molecule has 4 rings (SSSR count). The normalized spacial score (nSPS) is 18.2. The summed E-state index contributed by atoms with van der Waals surface area (Å²) in [5, 5.41) is 0. The van der Waals surface area contributed by atoms with Gasteiger partial charge in [0.05, 0.1) is 5.56 Å². The average Bonchev–Trinajstić information content (AvgIpc) is 2.79. The molecule has 1 aromatic heterocycles. The molecular weight excluding hydrogens is 369 g/mol. The van der Waals surface area contributed by atoms with Gasteiger partial charge in [-0.2, -0.15) is 0 Å². The fourth-order valence-electron chi connectivity index (χ4n) is 4.00. The van der Waals surface area contributed by atoms with Crippen molar-refractivity contribution in [2.45, 2.75) is 6.92 Å². The van der Waals surface area contributed by atoms with Crippen LogP contribution in [-0.4, -0.2) is 79.6 Å². The molecule has 1 amide bonds. The number of carbonyl (C=O) groups is 1. The molecule has 0 unspecified atom stereocenters. The van der Waals surface area contributed by atoms with Crippen LogP contribution in [0.15, 0.2) is 42.6 Å². The molecule has 6 nitrogen and oxygen atoms in total. The third-order valence-corrected chi connectivity index (χ3v) is 5.90. The Kier molecular flexibility index (Phi) is 5.94. The zero-order valence-corrected chi connectivity index (χ0v) is 16.9. The lowest BCUT2D eigenvalue weighted by molar-refractivity contribution is 0.0643. The van der Waals surface area contributed by atoms with E-state index in [2.05, 4.69) is 26.6 Å². The van der Waals surface area contributed by atoms with Crippen LogP contribution in [0.2, 0.25) is 0 Å². The zero-order valence-electron chi connectivity index (χ0n) is 16.9. The van der Waals surface area contributed by atoms with Crippen LogP contribution in [0.25, 0.3) is 0 Å². The number of carbonyl (C=O) groups excluding carboxylic acids is 1. The first-order valence-electron chi connectivity index (χ1n) is 10.4. The van der Waals surface area contributed by atoms with Crippen LogP contribution >= 0.6 is 0 Å². The maximum Gasteiger partial charge on any atom is 0.255 e. The van der Waals surface area contributed by atoms with Gasteiger partial charge in [0, 0.05) is 64.2 Å². The highest BCUT2D eigenvalue weighted by atomic mass is 19.1. The van der Waals surface area contributed by atoms with E-state index in [4.69, 9.17) is 0 Å². The number of aromatic nitrogens is 1. The lowest BCUT2D eigenvalue weighted by atomic mass is 10.2. The van der Waals surface area contributed by atoms with E-state index in [1.165, 1.54) is 12.1 Å². The van der Waals surface area contributed by atoms with Crippen molar-refractivity contribution in [3.63, 3.8) is 0 Å². The SMILES string of the molecule is CCN1CCN(C(=O)c2ccc(N3CCN(c4ccc(F)cc4)CC3)nc2)CC1. The van der Waals surface area contributed by atoms with Crippen molar-refractivity contribution < 1.29 is 9.18 Å². The standard InChI is InChI=1S/C22H28FN5O/c1-2-25-9-11-28(12-10-25)22(29)18-3-8-21(24-17-18)27-15-13-26(14-16-27)20-6-4-19(23)5-7-20/h3-8,17H,2,9-16H2,1H3. The van der Waals surface area contributed by atoms with Crippen LogP contribution in [0, 0.1) is 5.82 Å². The van der Waals surface area contributed by atoms with Crippen LogP contribution < -0.4 is 9.80 Å². The largest absolute Gasteiger partial charge is 0.368 e. The number of pyridine rings is 1. The summed E-state index contributed by atoms with van der Waals surface area (Å²) in [5.74, 6) is 0.760. The molecule has 2 aliphatic rings. The third kappa shape index (κ3) is 4.50. The van der Waals surface area contributed by atoms with Gasteiger partial charge in [0.25, 0.3) is 5.91 Å². The van der Waals surface area contributed by atoms with E-state index in [9.17, 15) is 9.18 Å². The molecule has 2 aliphatic heterocycles. The zero-order chi connectivity index (χ0) is 20.2. The second-order valence-corrected chi connectivity index (χ2v) is 7.58. The monoisotopic (exact) mass is 397 g/mol. The Morgan fingerprint density at radius 1 is 0.897 bits per heavy atom. The lowest BCUT2D eigenvalue weighted by Gasteiger charge is -2.37. The molecule has 154 valence electrons. The molecule has 0 atom stereocenters. The second-order valence-electron chi connectivity index (χ2n) is 7.58. The van der Waals surface area contributed by atoms with Crippen LogP contribution in [0.1, 0.15) is 17.3 Å². The van der Waals surface area contributed by atoms with E-state index in [0.29, 0.717) is 5.56 Å². The summed E-state index contributed by atoms with van der Waals surface area (Å²) in [4.78, 5) is 26.0. The molecule has 2 aromatic rings. The van der Waals surface area contributed by atoms with Crippen LogP contribution in [0.5, 0.6) is 0 Å². The van der Waals surface area contributed by atoms with Gasteiger partial charge in [-0.05, 0) is 42.9 Å². The topological polar surface area (TPSA) is 42.9 Å². The van der Waals surface area contributed by atoms with Crippen molar-refractivity contribution in [3.8, 4) is 0 Å². The van der Waals surface area contributed by atoms with E-state index in [-0.39, 0.29) is 11.7 Å². The summed E-state index contributed by atoms with van der Waals surface area (Å²) >= 11 is 0. The van der Waals surface area contributed by atoms with E-state index in [1.54, 1.807) is 6.20 Å². The summed E-state index contributed by atoms with van der Waals surface area (Å²) < 4.78 is 13.1. The fraction of sp³-hybridized carbons (Fsp3) is 0.455. The summed E-state index contributed by atoms with van der Waals surface area (Å²) in [5.41, 5.74) is 1.70. The number of hydrogen-bond acceptors (Lipinski definition) is 5. The Hall–Kier alpha value is -2.67. The predicted molar refractivity (Wildman–Crippen MR) is 113 cm³/mol.